The van der Waals surface area contributed by atoms with Crippen molar-refractivity contribution in [1.29, 1.82) is 0 Å². The second-order valence-corrected chi connectivity index (χ2v) is 4.80. The monoisotopic (exact) mass is 291 g/mol. The zero-order chi connectivity index (χ0) is 15.1. The second-order valence-electron chi connectivity index (χ2n) is 4.80. The van der Waals surface area contributed by atoms with Crippen molar-refractivity contribution in [2.45, 2.75) is 25.4 Å². The first-order valence-corrected chi connectivity index (χ1v) is 6.86. The smallest absolute Gasteiger partial charge is 0.330 e. The van der Waals surface area contributed by atoms with Gasteiger partial charge in [-0.05, 0) is 43.0 Å². The fourth-order valence-corrected chi connectivity index (χ4v) is 2.03. The minimum Gasteiger partial charge on any atom is -0.460 e. The summed E-state index contributed by atoms with van der Waals surface area (Å²) in [6.45, 7) is 0.990. The van der Waals surface area contributed by atoms with Crippen molar-refractivity contribution in [3.8, 4) is 0 Å². The van der Waals surface area contributed by atoms with Gasteiger partial charge in [-0.3, -0.25) is 10.1 Å². The highest BCUT2D eigenvalue weighted by molar-refractivity contribution is 5.87. The molecule has 1 saturated heterocycles. The van der Waals surface area contributed by atoms with Crippen molar-refractivity contribution in [3.63, 3.8) is 0 Å². The maximum absolute atomic E-state index is 11.6. The van der Waals surface area contributed by atoms with Crippen LogP contribution in [-0.2, 0) is 14.3 Å². The van der Waals surface area contributed by atoms with E-state index in [2.05, 4.69) is 0 Å². The molecule has 0 amide bonds. The number of carbonyl (C=O) groups excluding carboxylic acids is 1. The summed E-state index contributed by atoms with van der Waals surface area (Å²) in [5.41, 5.74) is 0.718. The highest BCUT2D eigenvalue weighted by atomic mass is 16.6. The van der Waals surface area contributed by atoms with Crippen LogP contribution in [0.15, 0.2) is 30.3 Å². The van der Waals surface area contributed by atoms with E-state index < -0.39 is 10.9 Å². The number of rotatable bonds is 5. The van der Waals surface area contributed by atoms with E-state index in [1.54, 1.807) is 18.2 Å². The van der Waals surface area contributed by atoms with Gasteiger partial charge in [0.1, 0.15) is 6.61 Å². The van der Waals surface area contributed by atoms with Crippen LogP contribution in [-0.4, -0.2) is 30.2 Å². The van der Waals surface area contributed by atoms with Crippen LogP contribution in [0.5, 0.6) is 0 Å². The number of nitrogens with zero attached hydrogens (tertiary/aromatic N) is 1. The van der Waals surface area contributed by atoms with Crippen LogP contribution in [0, 0.1) is 10.1 Å². The third-order valence-electron chi connectivity index (χ3n) is 3.20. The molecule has 21 heavy (non-hydrogen) atoms. The Morgan fingerprint density at radius 3 is 2.76 bits per heavy atom. The Balaban J connectivity index is 1.79. The SMILES string of the molecule is O=C(C=Cc1ccc([N+](=O)[O-])cc1)OCC1CCCCO1. The molecule has 0 aliphatic carbocycles. The van der Waals surface area contributed by atoms with Gasteiger partial charge in [-0.2, -0.15) is 0 Å². The predicted molar refractivity (Wildman–Crippen MR) is 76.7 cm³/mol. The summed E-state index contributed by atoms with van der Waals surface area (Å²) in [6, 6.07) is 5.93. The van der Waals surface area contributed by atoms with E-state index >= 15 is 0 Å². The molecule has 2 rings (SSSR count). The molecule has 0 radical (unpaired) electrons. The standard InChI is InChI=1S/C15H17NO5/c17-15(21-11-14-3-1-2-10-20-14)9-6-12-4-7-13(8-5-12)16(18)19/h4-9,14H,1-3,10-11H2. The number of hydrogen-bond donors (Lipinski definition) is 0. The van der Waals surface area contributed by atoms with Crippen molar-refractivity contribution >= 4 is 17.7 Å². The number of esters is 1. The largest absolute Gasteiger partial charge is 0.460 e. The van der Waals surface area contributed by atoms with Crippen LogP contribution in [0.25, 0.3) is 6.08 Å². The van der Waals surface area contributed by atoms with Crippen LogP contribution in [0.1, 0.15) is 24.8 Å². The van der Waals surface area contributed by atoms with Gasteiger partial charge in [-0.25, -0.2) is 4.79 Å². The van der Waals surface area contributed by atoms with Crippen molar-refractivity contribution in [2.75, 3.05) is 13.2 Å². The number of benzene rings is 1. The Morgan fingerprint density at radius 2 is 2.14 bits per heavy atom. The molecule has 0 bridgehead atoms. The summed E-state index contributed by atoms with van der Waals surface area (Å²) in [5, 5.41) is 10.5. The minimum atomic E-state index is -0.466. The first kappa shape index (κ1) is 15.2. The highest BCUT2D eigenvalue weighted by Crippen LogP contribution is 2.14. The van der Waals surface area contributed by atoms with Gasteiger partial charge < -0.3 is 9.47 Å². The van der Waals surface area contributed by atoms with E-state index in [-0.39, 0.29) is 18.4 Å². The Bertz CT molecular complexity index is 517. The lowest BCUT2D eigenvalue weighted by atomic mass is 10.1. The number of nitro benzene ring substituents is 1. The van der Waals surface area contributed by atoms with E-state index in [9.17, 15) is 14.9 Å². The maximum atomic E-state index is 11.6. The van der Waals surface area contributed by atoms with Crippen molar-refractivity contribution < 1.29 is 19.2 Å². The molecule has 1 aromatic carbocycles. The molecule has 1 aromatic rings. The van der Waals surface area contributed by atoms with Gasteiger partial charge in [0.25, 0.3) is 5.69 Å². The predicted octanol–water partition coefficient (Wildman–Crippen LogP) is 2.72. The Labute approximate surface area is 122 Å². The van der Waals surface area contributed by atoms with Crippen molar-refractivity contribution in [2.24, 2.45) is 0 Å². The zero-order valence-electron chi connectivity index (χ0n) is 11.6. The molecule has 1 aliphatic rings. The van der Waals surface area contributed by atoms with Gasteiger partial charge in [-0.15, -0.1) is 0 Å². The topological polar surface area (TPSA) is 78.7 Å². The summed E-state index contributed by atoms with van der Waals surface area (Å²) >= 11 is 0. The van der Waals surface area contributed by atoms with Crippen LogP contribution < -0.4 is 0 Å². The molecule has 1 atom stereocenters. The molecule has 1 unspecified atom stereocenters. The summed E-state index contributed by atoms with van der Waals surface area (Å²) in [6.07, 6.45) is 5.94. The molecule has 6 heteroatoms. The number of nitro groups is 1. The van der Waals surface area contributed by atoms with Crippen molar-refractivity contribution in [3.05, 3.63) is 46.0 Å². The molecule has 6 nitrogen and oxygen atoms in total. The van der Waals surface area contributed by atoms with Gasteiger partial charge in [0.2, 0.25) is 0 Å². The molecule has 1 aliphatic heterocycles. The van der Waals surface area contributed by atoms with Crippen LogP contribution in [0.2, 0.25) is 0 Å². The number of hydrogen-bond acceptors (Lipinski definition) is 5. The van der Waals surface area contributed by atoms with Gasteiger partial charge >= 0.3 is 5.97 Å². The Kier molecular flexibility index (Phi) is 5.45. The average molecular weight is 291 g/mol. The van der Waals surface area contributed by atoms with E-state index in [4.69, 9.17) is 9.47 Å². The third kappa shape index (κ3) is 5.00. The van der Waals surface area contributed by atoms with Crippen molar-refractivity contribution in [1.82, 2.24) is 0 Å². The van der Waals surface area contributed by atoms with E-state index in [1.807, 2.05) is 0 Å². The summed E-state index contributed by atoms with van der Waals surface area (Å²) in [5.74, 6) is -0.442. The quantitative estimate of drug-likeness (QED) is 0.361. The van der Waals surface area contributed by atoms with E-state index in [0.717, 1.165) is 25.9 Å². The first-order chi connectivity index (χ1) is 10.1. The lowest BCUT2D eigenvalue weighted by Crippen LogP contribution is -2.25. The normalized spacial score (nSPS) is 18.6. The fraction of sp³-hybridized carbons (Fsp3) is 0.400. The Hall–Kier alpha value is -2.21. The van der Waals surface area contributed by atoms with Gasteiger partial charge in [-0.1, -0.05) is 0 Å². The van der Waals surface area contributed by atoms with E-state index in [1.165, 1.54) is 18.2 Å². The zero-order valence-corrected chi connectivity index (χ0v) is 11.6. The number of non-ortho nitro benzene ring substituents is 1. The number of carbonyl (C=O) groups is 1. The summed E-state index contributed by atoms with van der Waals surface area (Å²) in [7, 11) is 0. The average Bonchev–Trinajstić information content (AvgIpc) is 2.52. The molecule has 112 valence electrons. The summed E-state index contributed by atoms with van der Waals surface area (Å²) < 4.78 is 10.6. The lowest BCUT2D eigenvalue weighted by molar-refractivity contribution is -0.384. The molecule has 0 N–H and O–H groups in total. The lowest BCUT2D eigenvalue weighted by Gasteiger charge is -2.21. The van der Waals surface area contributed by atoms with Gasteiger partial charge in [0.15, 0.2) is 0 Å². The fourth-order valence-electron chi connectivity index (χ4n) is 2.03. The van der Waals surface area contributed by atoms with E-state index in [0.29, 0.717) is 5.56 Å². The molecule has 0 spiro atoms. The third-order valence-corrected chi connectivity index (χ3v) is 3.20. The second kappa shape index (κ2) is 7.54. The molecule has 1 fully saturated rings. The summed E-state index contributed by atoms with van der Waals surface area (Å²) in [4.78, 5) is 21.6. The Morgan fingerprint density at radius 1 is 1.38 bits per heavy atom. The van der Waals surface area contributed by atoms with Gasteiger partial charge in [0.05, 0.1) is 11.0 Å². The minimum absolute atomic E-state index is 0.00419. The van der Waals surface area contributed by atoms with Crippen LogP contribution in [0.4, 0.5) is 5.69 Å². The van der Waals surface area contributed by atoms with Crippen LogP contribution in [0.3, 0.4) is 0 Å². The van der Waals surface area contributed by atoms with Gasteiger partial charge in [0, 0.05) is 24.8 Å². The molecule has 0 saturated carbocycles. The molecular weight excluding hydrogens is 274 g/mol. The maximum Gasteiger partial charge on any atom is 0.330 e. The first-order valence-electron chi connectivity index (χ1n) is 6.86. The molecule has 1 heterocycles. The highest BCUT2D eigenvalue weighted by Gasteiger charge is 2.15. The molecule has 0 aromatic heterocycles. The van der Waals surface area contributed by atoms with Crippen LogP contribution >= 0.6 is 0 Å². The number of ether oxygens (including phenoxy) is 2. The molecular formula is C15H17NO5.